The first-order valence-corrected chi connectivity index (χ1v) is 9.47. The molecular formula is C23H28N2. The van der Waals surface area contributed by atoms with E-state index in [9.17, 15) is 0 Å². The van der Waals surface area contributed by atoms with Gasteiger partial charge in [0, 0.05) is 23.8 Å². The lowest BCUT2D eigenvalue weighted by Crippen LogP contribution is -2.22. The predicted molar refractivity (Wildman–Crippen MR) is 108 cm³/mol. The molecule has 0 saturated carbocycles. The van der Waals surface area contributed by atoms with Crippen LogP contribution in [0.4, 0.5) is 11.4 Å². The second-order valence-corrected chi connectivity index (χ2v) is 6.40. The molecule has 1 heterocycles. The summed E-state index contributed by atoms with van der Waals surface area (Å²) in [6.45, 7) is 12.5. The summed E-state index contributed by atoms with van der Waals surface area (Å²) in [4.78, 5) is 4.34. The van der Waals surface area contributed by atoms with Crippen molar-refractivity contribution in [3.05, 3.63) is 77.7 Å². The van der Waals surface area contributed by atoms with Crippen molar-refractivity contribution in [1.29, 1.82) is 0 Å². The highest BCUT2D eigenvalue weighted by Gasteiger charge is 2.24. The molecule has 0 spiro atoms. The van der Waals surface area contributed by atoms with Crippen LogP contribution in [-0.4, -0.2) is 0 Å². The number of anilines is 2. The summed E-state index contributed by atoms with van der Waals surface area (Å²) in [6.07, 6.45) is 8.39. The Balaban J connectivity index is 1.96. The second kappa shape index (κ2) is 7.77. The summed E-state index contributed by atoms with van der Waals surface area (Å²) in [5.41, 5.74) is 8.07. The number of nitrogens with zero attached hydrogens (tertiary/aromatic N) is 2. The Morgan fingerprint density at radius 2 is 0.920 bits per heavy atom. The van der Waals surface area contributed by atoms with Gasteiger partial charge < -0.3 is 9.80 Å². The maximum atomic E-state index is 3.58. The zero-order chi connectivity index (χ0) is 17.8. The molecule has 1 aliphatic heterocycles. The third kappa shape index (κ3) is 3.30. The number of hydrogen-bond donors (Lipinski definition) is 0. The molecular weight excluding hydrogens is 304 g/mol. The standard InChI is InChI=1S/C23H28N2/c1-5-18-11-9-12-19(6-2)22(18)24-15-16-25(17-24)23-20(7-3)13-10-14-21(23)8-4/h9-16H,5-8H2,1-4H3. The molecule has 0 atom stereocenters. The van der Waals surface area contributed by atoms with Crippen LogP contribution in [0.25, 0.3) is 0 Å². The van der Waals surface area contributed by atoms with Gasteiger partial charge in [-0.3, -0.25) is 0 Å². The van der Waals surface area contributed by atoms with Crippen LogP contribution in [0.2, 0.25) is 0 Å². The smallest absolute Gasteiger partial charge is 0.217 e. The Hall–Kier alpha value is -2.22. The Bertz CT molecular complexity index is 653. The molecule has 2 heteroatoms. The van der Waals surface area contributed by atoms with E-state index in [-0.39, 0.29) is 0 Å². The van der Waals surface area contributed by atoms with Crippen molar-refractivity contribution in [2.75, 3.05) is 9.80 Å². The highest BCUT2D eigenvalue weighted by molar-refractivity contribution is 5.71. The van der Waals surface area contributed by atoms with E-state index in [1.807, 2.05) is 0 Å². The van der Waals surface area contributed by atoms with Gasteiger partial charge >= 0.3 is 0 Å². The van der Waals surface area contributed by atoms with Crippen LogP contribution in [0, 0.1) is 6.67 Å². The Morgan fingerprint density at radius 1 is 0.600 bits per heavy atom. The van der Waals surface area contributed by atoms with Crippen molar-refractivity contribution in [1.82, 2.24) is 0 Å². The van der Waals surface area contributed by atoms with Gasteiger partial charge in [-0.05, 0) is 47.9 Å². The molecule has 0 N–H and O–H groups in total. The fourth-order valence-corrected chi connectivity index (χ4v) is 3.61. The van der Waals surface area contributed by atoms with E-state index in [0.717, 1.165) is 25.7 Å². The largest absolute Gasteiger partial charge is 0.315 e. The molecule has 130 valence electrons. The Morgan fingerprint density at radius 3 is 1.20 bits per heavy atom. The topological polar surface area (TPSA) is 6.48 Å². The third-order valence-electron chi connectivity index (χ3n) is 4.99. The van der Waals surface area contributed by atoms with E-state index in [2.05, 4.69) is 93.0 Å². The molecule has 0 bridgehead atoms. The van der Waals surface area contributed by atoms with Gasteiger partial charge in [0.25, 0.3) is 0 Å². The van der Waals surface area contributed by atoms with Crippen molar-refractivity contribution in [3.8, 4) is 0 Å². The van der Waals surface area contributed by atoms with Crippen LogP contribution in [0.3, 0.4) is 0 Å². The minimum Gasteiger partial charge on any atom is -0.315 e. The summed E-state index contributed by atoms with van der Waals surface area (Å²) >= 11 is 0. The number of benzene rings is 2. The van der Waals surface area contributed by atoms with Gasteiger partial charge in [-0.25, -0.2) is 0 Å². The molecule has 2 radical (unpaired) electrons. The van der Waals surface area contributed by atoms with Crippen LogP contribution in [-0.2, 0) is 25.7 Å². The molecule has 2 aromatic carbocycles. The SMILES string of the molecule is CCc1cccc(CC)c1N1[C]N(c2c(CC)cccc2CC)C=C1. The van der Waals surface area contributed by atoms with Gasteiger partial charge in [-0.2, -0.15) is 0 Å². The van der Waals surface area contributed by atoms with Crippen molar-refractivity contribution < 1.29 is 0 Å². The highest BCUT2D eigenvalue weighted by Crippen LogP contribution is 2.35. The fraction of sp³-hybridized carbons (Fsp3) is 0.348. The Labute approximate surface area is 152 Å². The second-order valence-electron chi connectivity index (χ2n) is 6.40. The molecule has 0 fully saturated rings. The molecule has 0 aromatic heterocycles. The zero-order valence-electron chi connectivity index (χ0n) is 15.8. The summed E-state index contributed by atoms with van der Waals surface area (Å²) in [5.74, 6) is 0. The van der Waals surface area contributed by atoms with Crippen LogP contribution in [0.1, 0.15) is 49.9 Å². The normalized spacial score (nSPS) is 13.8. The lowest BCUT2D eigenvalue weighted by molar-refractivity contribution is 1.00. The van der Waals surface area contributed by atoms with E-state index in [4.69, 9.17) is 0 Å². The summed E-state index contributed by atoms with van der Waals surface area (Å²) in [7, 11) is 0. The lowest BCUT2D eigenvalue weighted by Gasteiger charge is -2.26. The van der Waals surface area contributed by atoms with Crippen molar-refractivity contribution >= 4 is 11.4 Å². The van der Waals surface area contributed by atoms with Gasteiger partial charge in [0.15, 0.2) is 0 Å². The number of aryl methyl sites for hydroxylation is 4. The van der Waals surface area contributed by atoms with E-state index < -0.39 is 0 Å². The quantitative estimate of drug-likeness (QED) is 0.666. The Kier molecular flexibility index (Phi) is 5.47. The number of rotatable bonds is 6. The van der Waals surface area contributed by atoms with Gasteiger partial charge in [0.05, 0.1) is 0 Å². The van der Waals surface area contributed by atoms with Crippen LogP contribution >= 0.6 is 0 Å². The first-order chi connectivity index (χ1) is 12.2. The number of para-hydroxylation sites is 2. The van der Waals surface area contributed by atoms with Gasteiger partial charge in [-0.15, -0.1) is 0 Å². The molecule has 0 amide bonds. The molecule has 3 rings (SSSR count). The van der Waals surface area contributed by atoms with Gasteiger partial charge in [0.2, 0.25) is 6.67 Å². The van der Waals surface area contributed by atoms with Crippen LogP contribution in [0.5, 0.6) is 0 Å². The maximum absolute atomic E-state index is 3.58. The molecule has 0 aliphatic carbocycles. The van der Waals surface area contributed by atoms with Gasteiger partial charge in [0.1, 0.15) is 0 Å². The van der Waals surface area contributed by atoms with Crippen molar-refractivity contribution in [2.45, 2.75) is 53.4 Å². The van der Waals surface area contributed by atoms with Crippen molar-refractivity contribution in [2.24, 2.45) is 0 Å². The van der Waals surface area contributed by atoms with E-state index in [1.54, 1.807) is 0 Å². The first kappa shape index (κ1) is 17.6. The molecule has 0 saturated heterocycles. The number of hydrogen-bond acceptors (Lipinski definition) is 2. The van der Waals surface area contributed by atoms with Gasteiger partial charge in [-0.1, -0.05) is 64.1 Å². The maximum Gasteiger partial charge on any atom is 0.217 e. The van der Waals surface area contributed by atoms with Crippen LogP contribution in [0.15, 0.2) is 48.8 Å². The molecule has 1 aliphatic rings. The average molecular weight is 332 g/mol. The monoisotopic (exact) mass is 332 g/mol. The molecule has 2 aromatic rings. The molecule has 2 nitrogen and oxygen atoms in total. The average Bonchev–Trinajstić information content (AvgIpc) is 3.15. The summed E-state index contributed by atoms with van der Waals surface area (Å²) < 4.78 is 0. The van der Waals surface area contributed by atoms with Crippen LogP contribution < -0.4 is 9.80 Å². The minimum atomic E-state index is 1.03. The summed E-state index contributed by atoms with van der Waals surface area (Å²) in [5, 5.41) is 0. The van der Waals surface area contributed by atoms with Crippen molar-refractivity contribution in [3.63, 3.8) is 0 Å². The minimum absolute atomic E-state index is 1.03. The lowest BCUT2D eigenvalue weighted by atomic mass is 10.0. The third-order valence-corrected chi connectivity index (χ3v) is 4.99. The molecule has 0 unspecified atom stereocenters. The highest BCUT2D eigenvalue weighted by atomic mass is 15.3. The van der Waals surface area contributed by atoms with E-state index >= 15 is 0 Å². The molecule has 25 heavy (non-hydrogen) atoms. The first-order valence-electron chi connectivity index (χ1n) is 9.47. The van der Waals surface area contributed by atoms with E-state index in [1.165, 1.54) is 33.6 Å². The fourth-order valence-electron chi connectivity index (χ4n) is 3.61. The zero-order valence-corrected chi connectivity index (χ0v) is 15.8. The van der Waals surface area contributed by atoms with E-state index in [0.29, 0.717) is 0 Å². The summed E-state index contributed by atoms with van der Waals surface area (Å²) in [6, 6.07) is 13.2. The predicted octanol–water partition coefficient (Wildman–Crippen LogP) is 5.73.